The van der Waals surface area contributed by atoms with Crippen molar-refractivity contribution < 1.29 is 19.1 Å². The topological polar surface area (TPSA) is 70.8 Å². The van der Waals surface area contributed by atoms with E-state index in [1.54, 1.807) is 23.1 Å². The van der Waals surface area contributed by atoms with E-state index in [1.165, 1.54) is 6.26 Å². The minimum Gasteiger partial charge on any atom is -0.481 e. The monoisotopic (exact) mass is 361 g/mol. The third-order valence-electron chi connectivity index (χ3n) is 4.68. The molecule has 1 aromatic carbocycles. The van der Waals surface area contributed by atoms with Crippen LogP contribution in [0.15, 0.2) is 41.0 Å². The fourth-order valence-corrected chi connectivity index (χ4v) is 3.52. The molecular formula is C19H20ClNO4. The van der Waals surface area contributed by atoms with Gasteiger partial charge in [0.15, 0.2) is 0 Å². The van der Waals surface area contributed by atoms with Crippen molar-refractivity contribution in [2.45, 2.75) is 25.7 Å². The lowest BCUT2D eigenvalue weighted by molar-refractivity contribution is -0.141. The Labute approximate surface area is 151 Å². The van der Waals surface area contributed by atoms with Gasteiger partial charge >= 0.3 is 5.97 Å². The van der Waals surface area contributed by atoms with E-state index >= 15 is 0 Å². The van der Waals surface area contributed by atoms with Gasteiger partial charge in [-0.05, 0) is 30.2 Å². The second kappa shape index (κ2) is 7.31. The Morgan fingerprint density at radius 3 is 2.60 bits per heavy atom. The Hall–Kier alpha value is -2.27. The number of amides is 1. The second-order valence-corrected chi connectivity index (χ2v) is 6.76. The molecule has 1 saturated heterocycles. The van der Waals surface area contributed by atoms with Crippen LogP contribution in [0.4, 0.5) is 0 Å². The van der Waals surface area contributed by atoms with E-state index in [0.29, 0.717) is 29.3 Å². The number of aliphatic carboxylic acids is 1. The standard InChI is InChI=1S/C19H20ClNO4/c1-2-3-17-14(8-9-25-17)18(22)21-10-15(16(11-21)19(23)24)12-4-6-13(20)7-5-12/h4-9,15-16H,2-3,10-11H2,1H3,(H,23,24)/t15-,16+/m0/s1. The molecule has 1 aliphatic rings. The molecule has 5 nitrogen and oxygen atoms in total. The van der Waals surface area contributed by atoms with Gasteiger partial charge in [0.25, 0.3) is 5.91 Å². The quantitative estimate of drug-likeness (QED) is 0.878. The molecule has 1 amide bonds. The number of carbonyl (C=O) groups is 2. The van der Waals surface area contributed by atoms with E-state index in [-0.39, 0.29) is 18.4 Å². The summed E-state index contributed by atoms with van der Waals surface area (Å²) in [5.74, 6) is -1.28. The molecule has 1 fully saturated rings. The number of aryl methyl sites for hydroxylation is 1. The summed E-state index contributed by atoms with van der Waals surface area (Å²) in [7, 11) is 0. The van der Waals surface area contributed by atoms with Crippen LogP contribution in [0.25, 0.3) is 0 Å². The summed E-state index contributed by atoms with van der Waals surface area (Å²) < 4.78 is 5.41. The minimum atomic E-state index is -0.892. The maximum Gasteiger partial charge on any atom is 0.308 e. The van der Waals surface area contributed by atoms with Gasteiger partial charge in [-0.25, -0.2) is 0 Å². The van der Waals surface area contributed by atoms with E-state index in [9.17, 15) is 14.7 Å². The molecule has 2 heterocycles. The second-order valence-electron chi connectivity index (χ2n) is 6.32. The fraction of sp³-hybridized carbons (Fsp3) is 0.368. The summed E-state index contributed by atoms with van der Waals surface area (Å²) >= 11 is 5.92. The molecule has 1 aromatic heterocycles. The third-order valence-corrected chi connectivity index (χ3v) is 4.93. The van der Waals surface area contributed by atoms with Gasteiger partial charge in [0.1, 0.15) is 5.76 Å². The van der Waals surface area contributed by atoms with Crippen molar-refractivity contribution in [3.8, 4) is 0 Å². The van der Waals surface area contributed by atoms with E-state index < -0.39 is 11.9 Å². The van der Waals surface area contributed by atoms with Crippen LogP contribution in [0.2, 0.25) is 5.02 Å². The van der Waals surface area contributed by atoms with Crippen molar-refractivity contribution >= 4 is 23.5 Å². The highest BCUT2D eigenvalue weighted by molar-refractivity contribution is 6.30. The number of furan rings is 1. The lowest BCUT2D eigenvalue weighted by atomic mass is 9.89. The lowest BCUT2D eigenvalue weighted by Crippen LogP contribution is -2.30. The first kappa shape index (κ1) is 17.5. The first-order valence-corrected chi connectivity index (χ1v) is 8.73. The Morgan fingerprint density at radius 1 is 1.24 bits per heavy atom. The number of halogens is 1. The van der Waals surface area contributed by atoms with Crippen molar-refractivity contribution in [1.82, 2.24) is 4.90 Å². The SMILES string of the molecule is CCCc1occc1C(=O)N1C[C@@H](C(=O)O)[C@H](c2ccc(Cl)cc2)C1. The highest BCUT2D eigenvalue weighted by Gasteiger charge is 2.41. The molecule has 3 rings (SSSR count). The van der Waals surface area contributed by atoms with E-state index in [4.69, 9.17) is 16.0 Å². The Kier molecular flexibility index (Phi) is 5.13. The van der Waals surface area contributed by atoms with E-state index in [2.05, 4.69) is 0 Å². The van der Waals surface area contributed by atoms with Gasteiger partial charge in [-0.3, -0.25) is 9.59 Å². The molecule has 25 heavy (non-hydrogen) atoms. The maximum atomic E-state index is 12.9. The predicted molar refractivity (Wildman–Crippen MR) is 93.9 cm³/mol. The van der Waals surface area contributed by atoms with Crippen molar-refractivity contribution in [3.05, 3.63) is 58.5 Å². The average Bonchev–Trinajstić information content (AvgIpc) is 3.22. The van der Waals surface area contributed by atoms with Crippen LogP contribution < -0.4 is 0 Å². The normalized spacial score (nSPS) is 20.0. The van der Waals surface area contributed by atoms with Gasteiger partial charge in [0, 0.05) is 30.5 Å². The first-order valence-electron chi connectivity index (χ1n) is 8.35. The molecule has 1 aliphatic heterocycles. The molecule has 2 atom stereocenters. The highest BCUT2D eigenvalue weighted by Crippen LogP contribution is 2.34. The summed E-state index contributed by atoms with van der Waals surface area (Å²) in [5.41, 5.74) is 1.41. The Bertz CT molecular complexity index is 768. The minimum absolute atomic E-state index is 0.167. The number of hydrogen-bond acceptors (Lipinski definition) is 3. The van der Waals surface area contributed by atoms with Crippen LogP contribution in [0.5, 0.6) is 0 Å². The number of likely N-dealkylation sites (tertiary alicyclic amines) is 1. The van der Waals surface area contributed by atoms with E-state index in [0.717, 1.165) is 12.0 Å². The van der Waals surface area contributed by atoms with Crippen molar-refractivity contribution in [3.63, 3.8) is 0 Å². The number of carbonyl (C=O) groups excluding carboxylic acids is 1. The van der Waals surface area contributed by atoms with Crippen molar-refractivity contribution in [2.75, 3.05) is 13.1 Å². The summed E-state index contributed by atoms with van der Waals surface area (Å²) in [6.45, 7) is 2.58. The highest BCUT2D eigenvalue weighted by atomic mass is 35.5. The number of benzene rings is 1. The van der Waals surface area contributed by atoms with Crippen LogP contribution in [-0.4, -0.2) is 35.0 Å². The molecule has 0 spiro atoms. The smallest absolute Gasteiger partial charge is 0.308 e. The molecule has 0 radical (unpaired) electrons. The predicted octanol–water partition coefficient (Wildman–Crippen LogP) is 3.83. The van der Waals surface area contributed by atoms with Crippen molar-refractivity contribution in [2.24, 2.45) is 5.92 Å². The zero-order valence-corrected chi connectivity index (χ0v) is 14.7. The number of carboxylic acids is 1. The van der Waals surface area contributed by atoms with Gasteiger partial charge < -0.3 is 14.4 Å². The molecule has 0 aliphatic carbocycles. The summed E-state index contributed by atoms with van der Waals surface area (Å²) in [5, 5.41) is 10.2. The molecule has 0 unspecified atom stereocenters. The fourth-order valence-electron chi connectivity index (χ4n) is 3.39. The zero-order valence-electron chi connectivity index (χ0n) is 13.9. The first-order chi connectivity index (χ1) is 12.0. The lowest BCUT2D eigenvalue weighted by Gasteiger charge is -2.16. The molecule has 1 N–H and O–H groups in total. The molecule has 132 valence electrons. The molecule has 6 heteroatoms. The molecule has 2 aromatic rings. The summed E-state index contributed by atoms with van der Waals surface area (Å²) in [6, 6.07) is 8.82. The number of rotatable bonds is 5. The van der Waals surface area contributed by atoms with Crippen LogP contribution in [-0.2, 0) is 11.2 Å². The molecular weight excluding hydrogens is 342 g/mol. The van der Waals surface area contributed by atoms with Gasteiger partial charge in [-0.15, -0.1) is 0 Å². The van der Waals surface area contributed by atoms with Crippen LogP contribution in [0, 0.1) is 5.92 Å². The van der Waals surface area contributed by atoms with Crippen LogP contribution in [0.1, 0.15) is 40.9 Å². The average molecular weight is 362 g/mol. The summed E-state index contributed by atoms with van der Waals surface area (Å²) in [6.07, 6.45) is 3.07. The third kappa shape index (κ3) is 3.56. The Morgan fingerprint density at radius 2 is 1.96 bits per heavy atom. The summed E-state index contributed by atoms with van der Waals surface area (Å²) in [4.78, 5) is 26.2. The number of nitrogens with zero attached hydrogens (tertiary/aromatic N) is 1. The van der Waals surface area contributed by atoms with Gasteiger partial charge in [0.2, 0.25) is 0 Å². The van der Waals surface area contributed by atoms with Gasteiger partial charge in [0.05, 0.1) is 17.7 Å². The largest absolute Gasteiger partial charge is 0.481 e. The number of carboxylic acid groups (broad SMARTS) is 1. The van der Waals surface area contributed by atoms with Crippen LogP contribution in [0.3, 0.4) is 0 Å². The van der Waals surface area contributed by atoms with E-state index in [1.807, 2.05) is 19.1 Å². The van der Waals surface area contributed by atoms with Crippen LogP contribution >= 0.6 is 11.6 Å². The van der Waals surface area contributed by atoms with Gasteiger partial charge in [-0.1, -0.05) is 30.7 Å². The molecule has 0 bridgehead atoms. The van der Waals surface area contributed by atoms with Crippen molar-refractivity contribution in [1.29, 1.82) is 0 Å². The van der Waals surface area contributed by atoms with Gasteiger partial charge in [-0.2, -0.15) is 0 Å². The Balaban J connectivity index is 1.84. The zero-order chi connectivity index (χ0) is 18.0. The number of hydrogen-bond donors (Lipinski definition) is 1. The molecule has 0 saturated carbocycles. The maximum absolute atomic E-state index is 12.9.